The molecule has 0 fully saturated rings. The number of halogens is 2. The average molecular weight is 216 g/mol. The van der Waals surface area contributed by atoms with Gasteiger partial charge >= 0.3 is 0 Å². The van der Waals surface area contributed by atoms with Gasteiger partial charge in [0.1, 0.15) is 11.6 Å². The Morgan fingerprint density at radius 2 is 1.86 bits per heavy atom. The number of ketones is 1. The minimum Gasteiger partial charge on any atom is -0.294 e. The van der Waals surface area contributed by atoms with Crippen LogP contribution in [-0.2, 0) is 10.8 Å². The van der Waals surface area contributed by atoms with Gasteiger partial charge < -0.3 is 0 Å². The maximum absolute atomic E-state index is 13.2. The number of Topliss-reactive ketones (excluding diaryl/α,β-unsaturated/α-hetero) is 1. The van der Waals surface area contributed by atoms with E-state index in [0.29, 0.717) is 0 Å². The van der Waals surface area contributed by atoms with E-state index >= 15 is 0 Å². The smallest absolute Gasteiger partial charge is 0.168 e. The highest BCUT2D eigenvalue weighted by atomic mass is 32.2. The van der Waals surface area contributed by atoms with E-state index in [1.54, 1.807) is 0 Å². The summed E-state index contributed by atoms with van der Waals surface area (Å²) in [5.41, 5.74) is -0.338. The topological polar surface area (TPSA) is 34.1 Å². The van der Waals surface area contributed by atoms with E-state index < -0.39 is 28.2 Å². The maximum atomic E-state index is 13.2. The van der Waals surface area contributed by atoms with Crippen molar-refractivity contribution in [3.63, 3.8) is 0 Å². The molecule has 0 N–H and O–H groups in total. The number of carbonyl (C=O) groups is 1. The van der Waals surface area contributed by atoms with Gasteiger partial charge in [0.2, 0.25) is 0 Å². The Hall–Kier alpha value is -1.10. The van der Waals surface area contributed by atoms with E-state index in [0.717, 1.165) is 12.1 Å². The summed E-state index contributed by atoms with van der Waals surface area (Å²) >= 11 is 0. The van der Waals surface area contributed by atoms with Crippen LogP contribution in [0.2, 0.25) is 0 Å². The normalized spacial score (nSPS) is 20.7. The van der Waals surface area contributed by atoms with Crippen molar-refractivity contribution in [1.82, 2.24) is 0 Å². The van der Waals surface area contributed by atoms with Crippen LogP contribution in [0, 0.1) is 11.6 Å². The molecule has 2 rings (SSSR count). The molecule has 5 heteroatoms. The molecule has 0 radical (unpaired) electrons. The predicted octanol–water partition coefficient (Wildman–Crippen LogP) is 1.66. The zero-order valence-corrected chi connectivity index (χ0v) is 7.87. The molecule has 0 bridgehead atoms. The summed E-state index contributed by atoms with van der Waals surface area (Å²) in [5.74, 6) is -1.96. The fourth-order valence-corrected chi connectivity index (χ4v) is 2.73. The molecule has 1 aliphatic heterocycles. The molecule has 0 aromatic heterocycles. The Balaban J connectivity index is 2.77. The summed E-state index contributed by atoms with van der Waals surface area (Å²) in [7, 11) is -1.59. The first-order valence-electron chi connectivity index (χ1n) is 4.01. The molecule has 0 amide bonds. The lowest BCUT2D eigenvalue weighted by molar-refractivity contribution is 0.0978. The summed E-state index contributed by atoms with van der Waals surface area (Å²) in [6.45, 7) is 0. The Labute approximate surface area is 81.4 Å². The highest BCUT2D eigenvalue weighted by Gasteiger charge is 2.28. The summed E-state index contributed by atoms with van der Waals surface area (Å²) in [4.78, 5) is 11.0. The third-order valence-electron chi connectivity index (χ3n) is 2.08. The third kappa shape index (κ3) is 1.28. The van der Waals surface area contributed by atoms with Crippen molar-refractivity contribution >= 4 is 16.6 Å². The number of carbonyl (C=O) groups excluding carboxylic acids is 1. The van der Waals surface area contributed by atoms with Crippen molar-refractivity contribution in [3.05, 3.63) is 29.3 Å². The second kappa shape index (κ2) is 3.24. The maximum Gasteiger partial charge on any atom is 0.168 e. The van der Waals surface area contributed by atoms with Crippen molar-refractivity contribution in [2.24, 2.45) is 0 Å². The molecule has 1 aromatic carbocycles. The van der Waals surface area contributed by atoms with Crippen LogP contribution in [0.5, 0.6) is 0 Å². The van der Waals surface area contributed by atoms with Crippen LogP contribution in [0.15, 0.2) is 17.0 Å². The SMILES string of the molecule is O=C1CCS(=O)c2c(F)ccc(F)c21. The van der Waals surface area contributed by atoms with Gasteiger partial charge in [-0.3, -0.25) is 9.00 Å². The van der Waals surface area contributed by atoms with Gasteiger partial charge in [-0.15, -0.1) is 0 Å². The second-order valence-electron chi connectivity index (χ2n) is 2.96. The fourth-order valence-electron chi connectivity index (χ4n) is 1.43. The highest BCUT2D eigenvalue weighted by molar-refractivity contribution is 7.85. The number of rotatable bonds is 0. The second-order valence-corrected chi connectivity index (χ2v) is 4.46. The van der Waals surface area contributed by atoms with E-state index in [1.165, 1.54) is 0 Å². The van der Waals surface area contributed by atoms with Crippen LogP contribution >= 0.6 is 0 Å². The van der Waals surface area contributed by atoms with Crippen LogP contribution in [0.1, 0.15) is 16.8 Å². The molecule has 1 unspecified atom stereocenters. The van der Waals surface area contributed by atoms with E-state index in [9.17, 15) is 17.8 Å². The van der Waals surface area contributed by atoms with Gasteiger partial charge in [-0.25, -0.2) is 8.78 Å². The monoisotopic (exact) mass is 216 g/mol. The average Bonchev–Trinajstić information content (AvgIpc) is 2.16. The molecule has 0 aliphatic carbocycles. The molecule has 2 nitrogen and oxygen atoms in total. The molecule has 1 aliphatic rings. The number of benzene rings is 1. The first kappa shape index (κ1) is 9.45. The summed E-state index contributed by atoms with van der Waals surface area (Å²) < 4.78 is 37.7. The van der Waals surface area contributed by atoms with E-state index in [-0.39, 0.29) is 22.6 Å². The quantitative estimate of drug-likeness (QED) is 0.661. The number of hydrogen-bond acceptors (Lipinski definition) is 2. The van der Waals surface area contributed by atoms with Crippen LogP contribution in [0.25, 0.3) is 0 Å². The Bertz CT molecular complexity index is 402. The Morgan fingerprint density at radius 3 is 2.50 bits per heavy atom. The lowest BCUT2D eigenvalue weighted by Crippen LogP contribution is -2.19. The summed E-state index contributed by atoms with van der Waals surface area (Å²) in [6, 6.07) is 1.78. The lowest BCUT2D eigenvalue weighted by Gasteiger charge is -2.14. The third-order valence-corrected chi connectivity index (χ3v) is 3.51. The predicted molar refractivity (Wildman–Crippen MR) is 46.6 cm³/mol. The van der Waals surface area contributed by atoms with Crippen molar-refractivity contribution in [2.75, 3.05) is 5.75 Å². The molecular weight excluding hydrogens is 210 g/mol. The standard InChI is InChI=1S/C9H6F2O2S/c10-5-1-2-6(11)9-8(5)7(12)3-4-14(9)13/h1-2H,3-4H2. The molecule has 14 heavy (non-hydrogen) atoms. The zero-order chi connectivity index (χ0) is 10.3. The molecule has 0 saturated heterocycles. The Kier molecular flexibility index (Phi) is 2.19. The number of fused-ring (bicyclic) bond motifs is 1. The summed E-state index contributed by atoms with van der Waals surface area (Å²) in [6.07, 6.45) is 0.0139. The molecule has 0 spiro atoms. The van der Waals surface area contributed by atoms with Gasteiger partial charge in [0.15, 0.2) is 5.78 Å². The van der Waals surface area contributed by atoms with Crippen LogP contribution in [-0.4, -0.2) is 15.7 Å². The molecule has 0 saturated carbocycles. The minimum absolute atomic E-state index is 0.0139. The van der Waals surface area contributed by atoms with Crippen molar-refractivity contribution in [3.8, 4) is 0 Å². The Morgan fingerprint density at radius 1 is 1.21 bits per heavy atom. The largest absolute Gasteiger partial charge is 0.294 e. The number of hydrogen-bond donors (Lipinski definition) is 0. The lowest BCUT2D eigenvalue weighted by atomic mass is 10.1. The minimum atomic E-state index is -1.59. The van der Waals surface area contributed by atoms with Crippen molar-refractivity contribution < 1.29 is 17.8 Å². The van der Waals surface area contributed by atoms with Gasteiger partial charge in [-0.1, -0.05) is 0 Å². The van der Waals surface area contributed by atoms with Gasteiger partial charge in [-0.05, 0) is 12.1 Å². The molecule has 1 heterocycles. The van der Waals surface area contributed by atoms with Gasteiger partial charge in [0.25, 0.3) is 0 Å². The molecule has 1 atom stereocenters. The van der Waals surface area contributed by atoms with Crippen molar-refractivity contribution in [1.29, 1.82) is 0 Å². The fraction of sp³-hybridized carbons (Fsp3) is 0.222. The van der Waals surface area contributed by atoms with Gasteiger partial charge in [0, 0.05) is 12.2 Å². The molecular formula is C9H6F2O2S. The van der Waals surface area contributed by atoms with Crippen molar-refractivity contribution in [2.45, 2.75) is 11.3 Å². The van der Waals surface area contributed by atoms with Gasteiger partial charge in [-0.2, -0.15) is 0 Å². The van der Waals surface area contributed by atoms with Gasteiger partial charge in [0.05, 0.1) is 21.3 Å². The van der Waals surface area contributed by atoms with Crippen LogP contribution in [0.3, 0.4) is 0 Å². The first-order valence-corrected chi connectivity index (χ1v) is 5.32. The molecule has 74 valence electrons. The molecule has 1 aromatic rings. The zero-order valence-electron chi connectivity index (χ0n) is 7.05. The van der Waals surface area contributed by atoms with E-state index in [2.05, 4.69) is 0 Å². The van der Waals surface area contributed by atoms with Crippen LogP contribution < -0.4 is 0 Å². The van der Waals surface area contributed by atoms with E-state index in [4.69, 9.17) is 0 Å². The summed E-state index contributed by atoms with van der Waals surface area (Å²) in [5, 5.41) is 0. The first-order chi connectivity index (χ1) is 6.61. The van der Waals surface area contributed by atoms with E-state index in [1.807, 2.05) is 0 Å². The highest BCUT2D eigenvalue weighted by Crippen LogP contribution is 2.26. The van der Waals surface area contributed by atoms with Crippen LogP contribution in [0.4, 0.5) is 8.78 Å².